The standard InChI is InChI=1S/C17H19N5O3S2/c1-10-13(11(2)22-16(19-10)20-17(21-22)26-3)7-15(24)25-9-14(23)18-8-12-5-4-6-27-12/h4-6H,7-9H2,1-3H3,(H,18,23). The highest BCUT2D eigenvalue weighted by Gasteiger charge is 2.17. The number of amides is 1. The highest BCUT2D eigenvalue weighted by atomic mass is 32.2. The average molecular weight is 406 g/mol. The summed E-state index contributed by atoms with van der Waals surface area (Å²) in [4.78, 5) is 33.7. The van der Waals surface area contributed by atoms with Gasteiger partial charge in [-0.15, -0.1) is 16.4 Å². The van der Waals surface area contributed by atoms with Gasteiger partial charge < -0.3 is 10.1 Å². The molecule has 0 unspecified atom stereocenters. The summed E-state index contributed by atoms with van der Waals surface area (Å²) in [6.07, 6.45) is 1.91. The summed E-state index contributed by atoms with van der Waals surface area (Å²) in [5, 5.41) is 9.63. The minimum Gasteiger partial charge on any atom is -0.455 e. The molecule has 3 aromatic rings. The minimum absolute atomic E-state index is 0.0211. The quantitative estimate of drug-likeness (QED) is 0.474. The Morgan fingerprint density at radius 3 is 2.85 bits per heavy atom. The van der Waals surface area contributed by atoms with Crippen LogP contribution in [-0.2, 0) is 27.3 Å². The Kier molecular flexibility index (Phi) is 6.07. The molecule has 142 valence electrons. The fourth-order valence-electron chi connectivity index (χ4n) is 2.52. The molecule has 1 N–H and O–H groups in total. The summed E-state index contributed by atoms with van der Waals surface area (Å²) < 4.78 is 6.72. The van der Waals surface area contributed by atoms with E-state index >= 15 is 0 Å². The molecule has 3 heterocycles. The molecule has 0 saturated carbocycles. The molecule has 0 aliphatic carbocycles. The summed E-state index contributed by atoms with van der Waals surface area (Å²) >= 11 is 2.98. The molecule has 27 heavy (non-hydrogen) atoms. The van der Waals surface area contributed by atoms with Gasteiger partial charge in [0.15, 0.2) is 6.61 Å². The minimum atomic E-state index is -0.487. The molecule has 3 aromatic heterocycles. The van der Waals surface area contributed by atoms with Crippen LogP contribution in [0.3, 0.4) is 0 Å². The predicted octanol–water partition coefficient (Wildman–Crippen LogP) is 1.93. The first-order valence-corrected chi connectivity index (χ1v) is 10.3. The number of carbonyl (C=O) groups excluding carboxylic acids is 2. The maximum Gasteiger partial charge on any atom is 0.310 e. The van der Waals surface area contributed by atoms with Crippen molar-refractivity contribution < 1.29 is 14.3 Å². The van der Waals surface area contributed by atoms with Crippen molar-refractivity contribution in [1.29, 1.82) is 0 Å². The van der Waals surface area contributed by atoms with Crippen molar-refractivity contribution in [3.8, 4) is 0 Å². The van der Waals surface area contributed by atoms with Gasteiger partial charge in [0.25, 0.3) is 11.7 Å². The van der Waals surface area contributed by atoms with Crippen LogP contribution in [-0.4, -0.2) is 44.3 Å². The molecule has 10 heteroatoms. The van der Waals surface area contributed by atoms with E-state index in [2.05, 4.69) is 20.4 Å². The number of thioether (sulfide) groups is 1. The number of fused-ring (bicyclic) bond motifs is 1. The molecule has 1 amide bonds. The summed E-state index contributed by atoms with van der Waals surface area (Å²) in [6, 6.07) is 3.84. The van der Waals surface area contributed by atoms with Gasteiger partial charge in [-0.1, -0.05) is 17.8 Å². The van der Waals surface area contributed by atoms with E-state index in [-0.39, 0.29) is 18.9 Å². The maximum absolute atomic E-state index is 12.2. The molecule has 0 aliphatic heterocycles. The van der Waals surface area contributed by atoms with E-state index in [0.29, 0.717) is 23.2 Å². The molecule has 0 spiro atoms. The molecular weight excluding hydrogens is 386 g/mol. The lowest BCUT2D eigenvalue weighted by molar-refractivity contribution is -0.147. The molecule has 3 rings (SSSR count). The van der Waals surface area contributed by atoms with E-state index in [1.165, 1.54) is 11.8 Å². The van der Waals surface area contributed by atoms with Gasteiger partial charge in [-0.3, -0.25) is 9.59 Å². The van der Waals surface area contributed by atoms with E-state index in [1.54, 1.807) is 15.9 Å². The lowest BCUT2D eigenvalue weighted by Crippen LogP contribution is -2.28. The highest BCUT2D eigenvalue weighted by molar-refractivity contribution is 7.98. The van der Waals surface area contributed by atoms with Crippen LogP contribution in [0, 0.1) is 13.8 Å². The second-order valence-electron chi connectivity index (χ2n) is 5.77. The normalized spacial score (nSPS) is 10.9. The zero-order chi connectivity index (χ0) is 19.4. The van der Waals surface area contributed by atoms with Gasteiger partial charge in [0.2, 0.25) is 5.16 Å². The van der Waals surface area contributed by atoms with E-state index in [4.69, 9.17) is 4.74 Å². The fraction of sp³-hybridized carbons (Fsp3) is 0.353. The van der Waals surface area contributed by atoms with Crippen LogP contribution in [0.1, 0.15) is 21.8 Å². The zero-order valence-corrected chi connectivity index (χ0v) is 16.8. The van der Waals surface area contributed by atoms with Gasteiger partial charge in [-0.05, 0) is 31.5 Å². The van der Waals surface area contributed by atoms with Crippen LogP contribution in [0.2, 0.25) is 0 Å². The monoisotopic (exact) mass is 405 g/mol. The van der Waals surface area contributed by atoms with Gasteiger partial charge in [-0.25, -0.2) is 9.50 Å². The summed E-state index contributed by atoms with van der Waals surface area (Å²) in [5.41, 5.74) is 2.20. The number of hydrogen-bond donors (Lipinski definition) is 1. The number of thiophene rings is 1. The number of aryl methyl sites for hydroxylation is 2. The Labute approximate surface area is 164 Å². The lowest BCUT2D eigenvalue weighted by atomic mass is 10.1. The third kappa shape index (κ3) is 4.64. The molecule has 0 aromatic carbocycles. The van der Waals surface area contributed by atoms with Crippen molar-refractivity contribution in [1.82, 2.24) is 24.9 Å². The first-order chi connectivity index (χ1) is 13.0. The van der Waals surface area contributed by atoms with Gasteiger partial charge >= 0.3 is 5.97 Å². The highest BCUT2D eigenvalue weighted by Crippen LogP contribution is 2.17. The molecule has 0 fully saturated rings. The summed E-state index contributed by atoms with van der Waals surface area (Å²) in [6.45, 7) is 3.79. The molecule has 0 saturated heterocycles. The van der Waals surface area contributed by atoms with E-state index in [9.17, 15) is 9.59 Å². The first kappa shape index (κ1) is 19.3. The van der Waals surface area contributed by atoms with Crippen LogP contribution in [0.5, 0.6) is 0 Å². The van der Waals surface area contributed by atoms with Gasteiger partial charge in [0, 0.05) is 21.8 Å². The van der Waals surface area contributed by atoms with Crippen LogP contribution in [0.25, 0.3) is 5.78 Å². The average Bonchev–Trinajstić information content (AvgIpc) is 3.31. The molecule has 0 aliphatic rings. The van der Waals surface area contributed by atoms with E-state index in [0.717, 1.165) is 16.1 Å². The van der Waals surface area contributed by atoms with Crippen LogP contribution in [0.15, 0.2) is 22.7 Å². The molecule has 8 nitrogen and oxygen atoms in total. The van der Waals surface area contributed by atoms with Crippen molar-refractivity contribution >= 4 is 40.8 Å². The number of rotatable bonds is 7. The van der Waals surface area contributed by atoms with Gasteiger partial charge in [0.1, 0.15) is 0 Å². The number of nitrogens with zero attached hydrogens (tertiary/aromatic N) is 4. The Bertz CT molecular complexity index is 969. The molecule has 0 bridgehead atoms. The van der Waals surface area contributed by atoms with Crippen molar-refractivity contribution in [3.05, 3.63) is 39.3 Å². The number of esters is 1. The van der Waals surface area contributed by atoms with E-state index in [1.807, 2.05) is 37.6 Å². The molecule has 0 radical (unpaired) electrons. The van der Waals surface area contributed by atoms with Crippen LogP contribution in [0.4, 0.5) is 0 Å². The Morgan fingerprint density at radius 2 is 2.15 bits per heavy atom. The first-order valence-electron chi connectivity index (χ1n) is 8.19. The third-order valence-corrected chi connectivity index (χ3v) is 5.35. The SMILES string of the molecule is CSc1nc2nc(C)c(CC(=O)OCC(=O)NCc3cccs3)c(C)n2n1. The van der Waals surface area contributed by atoms with Crippen molar-refractivity contribution in [3.63, 3.8) is 0 Å². The molecular formula is C17H19N5O3S2. The van der Waals surface area contributed by atoms with Crippen molar-refractivity contribution in [2.45, 2.75) is 32.0 Å². The maximum atomic E-state index is 12.2. The summed E-state index contributed by atoms with van der Waals surface area (Å²) in [7, 11) is 0. The van der Waals surface area contributed by atoms with Crippen LogP contribution >= 0.6 is 23.1 Å². The second-order valence-corrected chi connectivity index (χ2v) is 7.57. The largest absolute Gasteiger partial charge is 0.455 e. The Balaban J connectivity index is 1.59. The van der Waals surface area contributed by atoms with Gasteiger partial charge in [-0.2, -0.15) is 4.98 Å². The van der Waals surface area contributed by atoms with Gasteiger partial charge in [0.05, 0.1) is 13.0 Å². The topological polar surface area (TPSA) is 98.5 Å². The van der Waals surface area contributed by atoms with Crippen LogP contribution < -0.4 is 5.32 Å². The number of hydrogen-bond acceptors (Lipinski definition) is 8. The number of carbonyl (C=O) groups is 2. The Morgan fingerprint density at radius 1 is 1.33 bits per heavy atom. The number of aromatic nitrogens is 4. The Hall–Kier alpha value is -2.46. The smallest absolute Gasteiger partial charge is 0.310 e. The zero-order valence-electron chi connectivity index (χ0n) is 15.2. The number of ether oxygens (including phenoxy) is 1. The molecule has 0 atom stereocenters. The summed E-state index contributed by atoms with van der Waals surface area (Å²) in [5.74, 6) is -0.321. The third-order valence-electron chi connectivity index (χ3n) is 3.94. The predicted molar refractivity (Wildman–Crippen MR) is 103 cm³/mol. The van der Waals surface area contributed by atoms with E-state index < -0.39 is 5.97 Å². The second kappa shape index (κ2) is 8.49. The van der Waals surface area contributed by atoms with Crippen molar-refractivity contribution in [2.24, 2.45) is 0 Å². The number of nitrogens with one attached hydrogen (secondary N) is 1. The van der Waals surface area contributed by atoms with Crippen molar-refractivity contribution in [2.75, 3.05) is 12.9 Å². The fourth-order valence-corrected chi connectivity index (χ4v) is 3.50. The lowest BCUT2D eigenvalue weighted by Gasteiger charge is -2.10.